The van der Waals surface area contributed by atoms with E-state index in [1.165, 1.54) is 10.9 Å². The lowest BCUT2D eigenvalue weighted by atomic mass is 10.1. The van der Waals surface area contributed by atoms with Crippen LogP contribution in [0.2, 0.25) is 0 Å². The van der Waals surface area contributed by atoms with Crippen molar-refractivity contribution in [3.8, 4) is 11.3 Å². The average Bonchev–Trinajstić information content (AvgIpc) is 3.34. The quantitative estimate of drug-likeness (QED) is 0.441. The van der Waals surface area contributed by atoms with Gasteiger partial charge in [-0.3, -0.25) is 9.88 Å². The van der Waals surface area contributed by atoms with E-state index in [0.29, 0.717) is 5.78 Å². The van der Waals surface area contributed by atoms with Gasteiger partial charge in [-0.2, -0.15) is 14.6 Å². The molecule has 6 rings (SSSR count). The number of benzene rings is 2. The second-order valence-corrected chi connectivity index (χ2v) is 8.09. The number of piperazine rings is 1. The third-order valence-corrected chi connectivity index (χ3v) is 6.11. The lowest BCUT2D eigenvalue weighted by Crippen LogP contribution is -2.46. The highest BCUT2D eigenvalue weighted by atomic mass is 15.4. The monoisotopic (exact) mass is 421 g/mol. The average molecular weight is 422 g/mol. The number of hydrogen-bond acceptors (Lipinski definition) is 6. The first-order valence-corrected chi connectivity index (χ1v) is 10.9. The third-order valence-electron chi connectivity index (χ3n) is 6.11. The van der Waals surface area contributed by atoms with Crippen molar-refractivity contribution in [1.29, 1.82) is 0 Å². The Hall–Kier alpha value is -3.84. The molecule has 0 aliphatic carbocycles. The first kappa shape index (κ1) is 18.9. The zero-order valence-electron chi connectivity index (χ0n) is 17.7. The predicted octanol–water partition coefficient (Wildman–Crippen LogP) is 3.66. The molecule has 1 aliphatic heterocycles. The molecule has 5 aromatic rings. The molecule has 0 amide bonds. The lowest BCUT2D eigenvalue weighted by Gasteiger charge is -2.36. The highest BCUT2D eigenvalue weighted by Gasteiger charge is 2.21. The molecule has 0 radical (unpaired) electrons. The number of pyridine rings is 1. The van der Waals surface area contributed by atoms with Gasteiger partial charge in [-0.05, 0) is 11.6 Å². The summed E-state index contributed by atoms with van der Waals surface area (Å²) in [6.07, 6.45) is 3.45. The van der Waals surface area contributed by atoms with Crippen molar-refractivity contribution in [3.63, 3.8) is 0 Å². The van der Waals surface area contributed by atoms with E-state index in [1.54, 1.807) is 6.33 Å². The van der Waals surface area contributed by atoms with E-state index in [-0.39, 0.29) is 0 Å². The number of para-hydroxylation sites is 1. The summed E-state index contributed by atoms with van der Waals surface area (Å²) in [5.41, 5.74) is 4.39. The number of rotatable bonds is 4. The highest BCUT2D eigenvalue weighted by Crippen LogP contribution is 2.25. The molecular formula is C25H23N7. The molecule has 32 heavy (non-hydrogen) atoms. The zero-order chi connectivity index (χ0) is 21.3. The summed E-state index contributed by atoms with van der Waals surface area (Å²) in [5, 5.41) is 5.63. The first-order chi connectivity index (χ1) is 15.8. The van der Waals surface area contributed by atoms with Crippen molar-refractivity contribution >= 4 is 22.5 Å². The zero-order valence-corrected chi connectivity index (χ0v) is 17.7. The molecule has 7 nitrogen and oxygen atoms in total. The molecule has 7 heteroatoms. The molecule has 2 aromatic carbocycles. The van der Waals surface area contributed by atoms with Gasteiger partial charge >= 0.3 is 0 Å². The van der Waals surface area contributed by atoms with Crippen LogP contribution in [0.4, 0.5) is 5.82 Å². The van der Waals surface area contributed by atoms with Crippen LogP contribution in [0.1, 0.15) is 5.56 Å². The van der Waals surface area contributed by atoms with Gasteiger partial charge in [-0.15, -0.1) is 0 Å². The topological polar surface area (TPSA) is 62.5 Å². The summed E-state index contributed by atoms with van der Waals surface area (Å²) in [7, 11) is 0. The maximum atomic E-state index is 4.71. The molecule has 0 bridgehead atoms. The largest absolute Gasteiger partial charge is 0.354 e. The van der Waals surface area contributed by atoms with Gasteiger partial charge in [0.2, 0.25) is 0 Å². The SMILES string of the molecule is c1ccc(-c2cc(N3CCN(Cc4cccc5cccnc45)CC3)n3ncnc3n2)cc1. The van der Waals surface area contributed by atoms with E-state index in [0.717, 1.165) is 55.3 Å². The minimum atomic E-state index is 0.630. The predicted molar refractivity (Wildman–Crippen MR) is 125 cm³/mol. The Bertz CT molecular complexity index is 1370. The molecule has 158 valence electrons. The van der Waals surface area contributed by atoms with E-state index in [2.05, 4.69) is 67.3 Å². The van der Waals surface area contributed by atoms with Crippen molar-refractivity contribution < 1.29 is 0 Å². The Kier molecular flexibility index (Phi) is 4.73. The Morgan fingerprint density at radius 3 is 2.53 bits per heavy atom. The van der Waals surface area contributed by atoms with Crippen LogP contribution >= 0.6 is 0 Å². The van der Waals surface area contributed by atoms with Crippen molar-refractivity contribution in [2.75, 3.05) is 31.1 Å². The summed E-state index contributed by atoms with van der Waals surface area (Å²) in [6, 6.07) is 22.9. The number of hydrogen-bond donors (Lipinski definition) is 0. The summed E-state index contributed by atoms with van der Waals surface area (Å²) in [4.78, 5) is 18.6. The van der Waals surface area contributed by atoms with Gasteiger partial charge in [0.05, 0.1) is 11.2 Å². The van der Waals surface area contributed by atoms with Crippen LogP contribution in [0.5, 0.6) is 0 Å². The van der Waals surface area contributed by atoms with Gasteiger partial charge in [-0.25, -0.2) is 4.98 Å². The van der Waals surface area contributed by atoms with E-state index in [4.69, 9.17) is 4.98 Å². The minimum Gasteiger partial charge on any atom is -0.354 e. The van der Waals surface area contributed by atoms with E-state index in [1.807, 2.05) is 35.0 Å². The van der Waals surface area contributed by atoms with Gasteiger partial charge in [0, 0.05) is 55.9 Å². The fraction of sp³-hybridized carbons (Fsp3) is 0.200. The molecule has 0 saturated carbocycles. The summed E-state index contributed by atoms with van der Waals surface area (Å²) >= 11 is 0. The highest BCUT2D eigenvalue weighted by molar-refractivity contribution is 5.81. The first-order valence-electron chi connectivity index (χ1n) is 10.9. The fourth-order valence-corrected chi connectivity index (χ4v) is 4.45. The molecule has 0 N–H and O–H groups in total. The molecule has 0 atom stereocenters. The van der Waals surface area contributed by atoms with Crippen molar-refractivity contribution in [1.82, 2.24) is 29.5 Å². The molecule has 1 saturated heterocycles. The number of nitrogens with zero attached hydrogens (tertiary/aromatic N) is 7. The number of fused-ring (bicyclic) bond motifs is 2. The van der Waals surface area contributed by atoms with Crippen LogP contribution < -0.4 is 4.90 Å². The molecule has 1 fully saturated rings. The van der Waals surface area contributed by atoms with E-state index >= 15 is 0 Å². The molecular weight excluding hydrogens is 398 g/mol. The van der Waals surface area contributed by atoms with Gasteiger partial charge < -0.3 is 4.90 Å². The van der Waals surface area contributed by atoms with Crippen LogP contribution in [-0.2, 0) is 6.54 Å². The van der Waals surface area contributed by atoms with E-state index < -0.39 is 0 Å². The van der Waals surface area contributed by atoms with Gasteiger partial charge in [0.1, 0.15) is 12.1 Å². The third kappa shape index (κ3) is 3.46. The van der Waals surface area contributed by atoms with Crippen LogP contribution in [-0.4, -0.2) is 55.6 Å². The van der Waals surface area contributed by atoms with Crippen molar-refractivity contribution in [3.05, 3.63) is 84.8 Å². The Balaban J connectivity index is 1.24. The second-order valence-electron chi connectivity index (χ2n) is 8.09. The molecule has 0 unspecified atom stereocenters. The smallest absolute Gasteiger partial charge is 0.254 e. The molecule has 4 heterocycles. The minimum absolute atomic E-state index is 0.630. The van der Waals surface area contributed by atoms with E-state index in [9.17, 15) is 0 Å². The number of anilines is 1. The Morgan fingerprint density at radius 2 is 1.66 bits per heavy atom. The fourth-order valence-electron chi connectivity index (χ4n) is 4.45. The molecule has 0 spiro atoms. The Morgan fingerprint density at radius 1 is 0.812 bits per heavy atom. The standard InChI is InChI=1S/C25H23N7/c1-2-6-19(7-3-1)22-16-23(32-25(29-22)27-18-28-32)31-14-12-30(13-15-31)17-21-9-4-8-20-10-5-11-26-24(20)21/h1-11,16,18H,12-15,17H2. The van der Waals surface area contributed by atoms with Crippen LogP contribution in [0.15, 0.2) is 79.3 Å². The van der Waals surface area contributed by atoms with Gasteiger partial charge in [0.15, 0.2) is 0 Å². The van der Waals surface area contributed by atoms with Crippen LogP contribution in [0.3, 0.4) is 0 Å². The normalized spacial score (nSPS) is 14.9. The van der Waals surface area contributed by atoms with Gasteiger partial charge in [0.25, 0.3) is 5.78 Å². The summed E-state index contributed by atoms with van der Waals surface area (Å²) in [6.45, 7) is 4.70. The van der Waals surface area contributed by atoms with Gasteiger partial charge in [-0.1, -0.05) is 54.6 Å². The van der Waals surface area contributed by atoms with Crippen LogP contribution in [0.25, 0.3) is 27.9 Å². The maximum Gasteiger partial charge on any atom is 0.254 e. The lowest BCUT2D eigenvalue weighted by molar-refractivity contribution is 0.249. The molecule has 3 aromatic heterocycles. The molecule has 1 aliphatic rings. The van der Waals surface area contributed by atoms with Crippen molar-refractivity contribution in [2.45, 2.75) is 6.54 Å². The summed E-state index contributed by atoms with van der Waals surface area (Å²) < 4.78 is 1.84. The second kappa shape index (κ2) is 8.01. The number of aromatic nitrogens is 5. The maximum absolute atomic E-state index is 4.71. The van der Waals surface area contributed by atoms with Crippen LogP contribution in [0, 0.1) is 0 Å². The Labute approximate surface area is 186 Å². The van der Waals surface area contributed by atoms with Crippen molar-refractivity contribution in [2.24, 2.45) is 0 Å². The summed E-state index contributed by atoms with van der Waals surface area (Å²) in [5.74, 6) is 1.67.